The number of benzene rings is 1. The Morgan fingerprint density at radius 1 is 1.35 bits per heavy atom. The lowest BCUT2D eigenvalue weighted by atomic mass is 9.85. The van der Waals surface area contributed by atoms with Crippen molar-refractivity contribution in [1.82, 2.24) is 4.90 Å². The van der Waals surface area contributed by atoms with Gasteiger partial charge < -0.3 is 5.73 Å². The van der Waals surface area contributed by atoms with Gasteiger partial charge >= 0.3 is 0 Å². The Kier molecular flexibility index (Phi) is 3.85. The standard InChI is InChI=1S/C15H24N2/c1-11(2)17-8-7-14(15(16)10-17)13-6-4-5-12(3)9-13/h4-6,9,11,14-15H,7-8,10,16H2,1-3H3. The second-order valence-electron chi connectivity index (χ2n) is 5.56. The van der Waals surface area contributed by atoms with Crippen molar-refractivity contribution in [2.75, 3.05) is 13.1 Å². The third-order valence-electron chi connectivity index (χ3n) is 3.89. The van der Waals surface area contributed by atoms with Crippen molar-refractivity contribution in [2.24, 2.45) is 5.73 Å². The van der Waals surface area contributed by atoms with Crippen LogP contribution in [0.2, 0.25) is 0 Å². The van der Waals surface area contributed by atoms with Crippen LogP contribution >= 0.6 is 0 Å². The van der Waals surface area contributed by atoms with Gasteiger partial charge in [-0.3, -0.25) is 4.90 Å². The van der Waals surface area contributed by atoms with E-state index >= 15 is 0 Å². The van der Waals surface area contributed by atoms with E-state index in [0.29, 0.717) is 12.0 Å². The number of nitrogens with two attached hydrogens (primary N) is 1. The van der Waals surface area contributed by atoms with E-state index in [1.54, 1.807) is 0 Å². The minimum absolute atomic E-state index is 0.271. The van der Waals surface area contributed by atoms with E-state index in [1.165, 1.54) is 24.1 Å². The molecule has 0 aliphatic carbocycles. The van der Waals surface area contributed by atoms with Gasteiger partial charge in [-0.1, -0.05) is 29.8 Å². The van der Waals surface area contributed by atoms with Crippen LogP contribution in [0.1, 0.15) is 37.3 Å². The smallest absolute Gasteiger partial charge is 0.0238 e. The molecule has 0 bridgehead atoms. The Bertz CT molecular complexity index is 373. The molecular weight excluding hydrogens is 208 g/mol. The van der Waals surface area contributed by atoms with E-state index in [2.05, 4.69) is 49.9 Å². The maximum atomic E-state index is 6.35. The van der Waals surface area contributed by atoms with Crippen molar-refractivity contribution in [2.45, 2.75) is 45.2 Å². The zero-order chi connectivity index (χ0) is 12.4. The van der Waals surface area contributed by atoms with Crippen molar-refractivity contribution >= 4 is 0 Å². The molecule has 1 aliphatic rings. The van der Waals surface area contributed by atoms with Gasteiger partial charge in [-0.25, -0.2) is 0 Å². The molecule has 0 amide bonds. The zero-order valence-electron chi connectivity index (χ0n) is 11.2. The van der Waals surface area contributed by atoms with Crippen LogP contribution in [0.15, 0.2) is 24.3 Å². The Morgan fingerprint density at radius 3 is 2.71 bits per heavy atom. The minimum atomic E-state index is 0.271. The van der Waals surface area contributed by atoms with Crippen molar-refractivity contribution in [3.8, 4) is 0 Å². The molecule has 1 fully saturated rings. The lowest BCUT2D eigenvalue weighted by Gasteiger charge is -2.39. The molecular formula is C15H24N2. The summed E-state index contributed by atoms with van der Waals surface area (Å²) < 4.78 is 0. The molecule has 2 rings (SSSR count). The van der Waals surface area contributed by atoms with Gasteiger partial charge in [0.25, 0.3) is 0 Å². The maximum absolute atomic E-state index is 6.35. The molecule has 0 spiro atoms. The van der Waals surface area contributed by atoms with Crippen LogP contribution in [0, 0.1) is 6.92 Å². The number of rotatable bonds is 2. The summed E-state index contributed by atoms with van der Waals surface area (Å²) in [5.74, 6) is 0.532. The molecule has 0 saturated carbocycles. The van der Waals surface area contributed by atoms with Gasteiger partial charge in [0.2, 0.25) is 0 Å². The van der Waals surface area contributed by atoms with Gasteiger partial charge in [0.1, 0.15) is 0 Å². The first kappa shape index (κ1) is 12.6. The molecule has 1 heterocycles. The van der Waals surface area contributed by atoms with Crippen LogP contribution in [-0.4, -0.2) is 30.1 Å². The van der Waals surface area contributed by atoms with Crippen molar-refractivity contribution in [3.05, 3.63) is 35.4 Å². The highest BCUT2D eigenvalue weighted by atomic mass is 15.2. The van der Waals surface area contributed by atoms with Gasteiger partial charge in [-0.2, -0.15) is 0 Å². The number of hydrogen-bond acceptors (Lipinski definition) is 2. The Balaban J connectivity index is 2.09. The average Bonchev–Trinajstić information content (AvgIpc) is 2.28. The molecule has 2 nitrogen and oxygen atoms in total. The summed E-state index contributed by atoms with van der Waals surface area (Å²) in [4.78, 5) is 2.48. The lowest BCUT2D eigenvalue weighted by molar-refractivity contribution is 0.154. The van der Waals surface area contributed by atoms with Crippen LogP contribution in [0.4, 0.5) is 0 Å². The van der Waals surface area contributed by atoms with Crippen LogP contribution in [-0.2, 0) is 0 Å². The predicted octanol–water partition coefficient (Wildman–Crippen LogP) is 2.52. The molecule has 1 saturated heterocycles. The van der Waals surface area contributed by atoms with E-state index in [4.69, 9.17) is 5.73 Å². The van der Waals surface area contributed by atoms with E-state index in [9.17, 15) is 0 Å². The first-order chi connectivity index (χ1) is 8.08. The second kappa shape index (κ2) is 5.19. The Hall–Kier alpha value is -0.860. The third-order valence-corrected chi connectivity index (χ3v) is 3.89. The third kappa shape index (κ3) is 2.88. The molecule has 2 atom stereocenters. The number of nitrogens with zero attached hydrogens (tertiary/aromatic N) is 1. The molecule has 1 aliphatic heterocycles. The molecule has 17 heavy (non-hydrogen) atoms. The Labute approximate surface area is 105 Å². The van der Waals surface area contributed by atoms with Crippen LogP contribution < -0.4 is 5.73 Å². The van der Waals surface area contributed by atoms with E-state index in [1.807, 2.05) is 0 Å². The molecule has 0 radical (unpaired) electrons. The molecule has 1 aromatic carbocycles. The second-order valence-corrected chi connectivity index (χ2v) is 5.56. The van der Waals surface area contributed by atoms with Gasteiger partial charge in [-0.05, 0) is 39.3 Å². The summed E-state index contributed by atoms with van der Waals surface area (Å²) in [5, 5.41) is 0. The van der Waals surface area contributed by atoms with Crippen LogP contribution in [0.25, 0.3) is 0 Å². The van der Waals surface area contributed by atoms with Crippen molar-refractivity contribution in [3.63, 3.8) is 0 Å². The quantitative estimate of drug-likeness (QED) is 0.849. The van der Waals surface area contributed by atoms with Gasteiger partial charge in [-0.15, -0.1) is 0 Å². The van der Waals surface area contributed by atoms with Gasteiger partial charge in [0.15, 0.2) is 0 Å². The molecule has 2 N–H and O–H groups in total. The molecule has 2 heteroatoms. The highest BCUT2D eigenvalue weighted by molar-refractivity contribution is 5.27. The topological polar surface area (TPSA) is 29.3 Å². The molecule has 94 valence electrons. The number of piperidine rings is 1. The fraction of sp³-hybridized carbons (Fsp3) is 0.600. The Morgan fingerprint density at radius 2 is 2.12 bits per heavy atom. The summed E-state index contributed by atoms with van der Waals surface area (Å²) in [7, 11) is 0. The van der Waals surface area contributed by atoms with E-state index in [-0.39, 0.29) is 6.04 Å². The SMILES string of the molecule is Cc1cccc(C2CCN(C(C)C)CC2N)c1. The van der Waals surface area contributed by atoms with E-state index in [0.717, 1.165) is 6.54 Å². The van der Waals surface area contributed by atoms with Crippen LogP contribution in [0.5, 0.6) is 0 Å². The van der Waals surface area contributed by atoms with Crippen LogP contribution in [0.3, 0.4) is 0 Å². The highest BCUT2D eigenvalue weighted by Gasteiger charge is 2.28. The van der Waals surface area contributed by atoms with E-state index < -0.39 is 0 Å². The fourth-order valence-electron chi connectivity index (χ4n) is 2.79. The molecule has 2 unspecified atom stereocenters. The first-order valence-corrected chi connectivity index (χ1v) is 6.64. The minimum Gasteiger partial charge on any atom is -0.326 e. The monoisotopic (exact) mass is 232 g/mol. The van der Waals surface area contributed by atoms with Gasteiger partial charge in [0, 0.05) is 24.5 Å². The maximum Gasteiger partial charge on any atom is 0.0238 e. The summed E-state index contributed by atoms with van der Waals surface area (Å²) >= 11 is 0. The summed E-state index contributed by atoms with van der Waals surface area (Å²) in [6.07, 6.45) is 1.18. The normalized spacial score (nSPS) is 26.4. The predicted molar refractivity (Wildman–Crippen MR) is 73.2 cm³/mol. The molecule has 0 aromatic heterocycles. The first-order valence-electron chi connectivity index (χ1n) is 6.64. The van der Waals surface area contributed by atoms with Gasteiger partial charge in [0.05, 0.1) is 0 Å². The molecule has 1 aromatic rings. The van der Waals surface area contributed by atoms with Crippen molar-refractivity contribution in [1.29, 1.82) is 0 Å². The number of likely N-dealkylation sites (tertiary alicyclic amines) is 1. The summed E-state index contributed by atoms with van der Waals surface area (Å²) in [5.41, 5.74) is 9.10. The largest absolute Gasteiger partial charge is 0.326 e. The highest BCUT2D eigenvalue weighted by Crippen LogP contribution is 2.28. The fourth-order valence-corrected chi connectivity index (χ4v) is 2.79. The summed E-state index contributed by atoms with van der Waals surface area (Å²) in [6.45, 7) is 8.85. The lowest BCUT2D eigenvalue weighted by Crippen LogP contribution is -2.49. The summed E-state index contributed by atoms with van der Waals surface area (Å²) in [6, 6.07) is 9.69. The zero-order valence-corrected chi connectivity index (χ0v) is 11.2. The number of hydrogen-bond donors (Lipinski definition) is 1. The average molecular weight is 232 g/mol. The van der Waals surface area contributed by atoms with Crippen molar-refractivity contribution < 1.29 is 0 Å². The number of aryl methyl sites for hydroxylation is 1.